The number of rotatable bonds is 1. The van der Waals surface area contributed by atoms with Crippen LogP contribution in [0.4, 0.5) is 0 Å². The van der Waals surface area contributed by atoms with Crippen LogP contribution in [0.25, 0.3) is 0 Å². The molecule has 1 nitrogen and oxygen atoms in total. The Balaban J connectivity index is 2.02. The van der Waals surface area contributed by atoms with Crippen LogP contribution in [0.5, 0.6) is 0 Å². The fraction of sp³-hybridized carbons (Fsp3) is 0.556. The van der Waals surface area contributed by atoms with Gasteiger partial charge < -0.3 is 5.32 Å². The van der Waals surface area contributed by atoms with Crippen LogP contribution in [-0.4, -0.2) is 18.8 Å². The lowest BCUT2D eigenvalue weighted by Gasteiger charge is -2.09. The van der Waals surface area contributed by atoms with Crippen molar-refractivity contribution in [2.75, 3.05) is 18.8 Å². The molecule has 3 heteroatoms. The molecule has 1 atom stereocenters. The van der Waals surface area contributed by atoms with Gasteiger partial charge in [-0.3, -0.25) is 0 Å². The quantitative estimate of drug-likeness (QED) is 0.746. The van der Waals surface area contributed by atoms with E-state index in [1.165, 1.54) is 25.3 Å². The van der Waals surface area contributed by atoms with Crippen LogP contribution >= 0.6 is 23.1 Å². The van der Waals surface area contributed by atoms with Crippen LogP contribution in [0.3, 0.4) is 0 Å². The third-order valence-corrected chi connectivity index (χ3v) is 4.51. The van der Waals surface area contributed by atoms with Gasteiger partial charge in [-0.15, -0.1) is 11.3 Å². The summed E-state index contributed by atoms with van der Waals surface area (Å²) in [6.07, 6.45) is 1.28. The van der Waals surface area contributed by atoms with Crippen LogP contribution in [0.1, 0.15) is 16.5 Å². The molecule has 1 fully saturated rings. The molecule has 1 aliphatic rings. The zero-order valence-electron chi connectivity index (χ0n) is 6.95. The van der Waals surface area contributed by atoms with Crippen LogP contribution < -0.4 is 5.32 Å². The zero-order valence-corrected chi connectivity index (χ0v) is 8.59. The number of nitrogens with one attached hydrogen (secondary N) is 1. The van der Waals surface area contributed by atoms with E-state index >= 15 is 0 Å². The van der Waals surface area contributed by atoms with Crippen molar-refractivity contribution in [2.24, 2.45) is 0 Å². The molecule has 0 aromatic carbocycles. The van der Waals surface area contributed by atoms with Gasteiger partial charge in [0, 0.05) is 22.4 Å². The molecule has 1 aliphatic heterocycles. The Labute approximate surface area is 81.6 Å². The molecule has 2 heterocycles. The predicted molar refractivity (Wildman–Crippen MR) is 57.0 cm³/mol. The molecular formula is C9H13NS2. The molecule has 12 heavy (non-hydrogen) atoms. The van der Waals surface area contributed by atoms with Crippen LogP contribution in [0.2, 0.25) is 0 Å². The van der Waals surface area contributed by atoms with E-state index in [2.05, 4.69) is 34.6 Å². The third-order valence-electron chi connectivity index (χ3n) is 2.04. The van der Waals surface area contributed by atoms with Crippen molar-refractivity contribution in [1.29, 1.82) is 0 Å². The van der Waals surface area contributed by atoms with Gasteiger partial charge in [-0.1, -0.05) is 6.07 Å². The second kappa shape index (κ2) is 4.30. The second-order valence-electron chi connectivity index (χ2n) is 2.91. The van der Waals surface area contributed by atoms with Crippen molar-refractivity contribution in [3.63, 3.8) is 0 Å². The smallest absolute Gasteiger partial charge is 0.0403 e. The minimum absolute atomic E-state index is 0.750. The van der Waals surface area contributed by atoms with Gasteiger partial charge in [-0.05, 0) is 24.4 Å². The zero-order chi connectivity index (χ0) is 8.23. The van der Waals surface area contributed by atoms with E-state index in [0.29, 0.717) is 0 Å². The average molecular weight is 199 g/mol. The summed E-state index contributed by atoms with van der Waals surface area (Å²) in [5.41, 5.74) is 0. The summed E-state index contributed by atoms with van der Waals surface area (Å²) in [4.78, 5) is 1.55. The van der Waals surface area contributed by atoms with Gasteiger partial charge >= 0.3 is 0 Å². The second-order valence-corrected chi connectivity index (χ2v) is 5.20. The fourth-order valence-corrected chi connectivity index (χ4v) is 3.60. The highest BCUT2D eigenvalue weighted by molar-refractivity contribution is 7.99. The Kier molecular flexibility index (Phi) is 3.08. The first-order chi connectivity index (χ1) is 5.97. The van der Waals surface area contributed by atoms with Crippen molar-refractivity contribution in [1.82, 2.24) is 5.32 Å². The molecular weight excluding hydrogens is 186 g/mol. The lowest BCUT2D eigenvalue weighted by atomic mass is 10.2. The van der Waals surface area contributed by atoms with Gasteiger partial charge in [0.2, 0.25) is 0 Å². The number of hydrogen-bond acceptors (Lipinski definition) is 3. The van der Waals surface area contributed by atoms with E-state index in [9.17, 15) is 0 Å². The predicted octanol–water partition coefficient (Wildman–Crippen LogP) is 2.52. The van der Waals surface area contributed by atoms with Gasteiger partial charge in [-0.25, -0.2) is 0 Å². The largest absolute Gasteiger partial charge is 0.316 e. The molecule has 1 aromatic rings. The van der Waals surface area contributed by atoms with Crippen molar-refractivity contribution in [2.45, 2.75) is 11.7 Å². The molecule has 0 radical (unpaired) electrons. The first kappa shape index (κ1) is 8.60. The summed E-state index contributed by atoms with van der Waals surface area (Å²) in [5.74, 6) is 1.25. The molecule has 2 rings (SSSR count). The highest BCUT2D eigenvalue weighted by Crippen LogP contribution is 2.35. The lowest BCUT2D eigenvalue weighted by molar-refractivity contribution is 0.690. The van der Waals surface area contributed by atoms with E-state index in [1.54, 1.807) is 4.88 Å². The maximum Gasteiger partial charge on any atom is 0.0403 e. The topological polar surface area (TPSA) is 12.0 Å². The van der Waals surface area contributed by atoms with Gasteiger partial charge in [-0.2, -0.15) is 11.8 Å². The Bertz CT molecular complexity index is 212. The van der Waals surface area contributed by atoms with E-state index in [-0.39, 0.29) is 0 Å². The molecule has 1 saturated heterocycles. The molecule has 1 N–H and O–H groups in total. The molecule has 1 aromatic heterocycles. The first-order valence-electron chi connectivity index (χ1n) is 4.32. The number of hydrogen-bond donors (Lipinski definition) is 1. The minimum Gasteiger partial charge on any atom is -0.316 e. The summed E-state index contributed by atoms with van der Waals surface area (Å²) >= 11 is 3.98. The van der Waals surface area contributed by atoms with Gasteiger partial charge in [0.15, 0.2) is 0 Å². The van der Waals surface area contributed by atoms with Crippen molar-refractivity contribution in [3.8, 4) is 0 Å². The molecule has 66 valence electrons. The highest BCUT2D eigenvalue weighted by atomic mass is 32.2. The summed E-state index contributed by atoms with van der Waals surface area (Å²) < 4.78 is 0. The van der Waals surface area contributed by atoms with Crippen molar-refractivity contribution >= 4 is 23.1 Å². The van der Waals surface area contributed by atoms with Crippen LogP contribution in [0, 0.1) is 0 Å². The fourth-order valence-electron chi connectivity index (χ4n) is 1.41. The van der Waals surface area contributed by atoms with E-state index in [4.69, 9.17) is 0 Å². The Morgan fingerprint density at radius 3 is 3.25 bits per heavy atom. The van der Waals surface area contributed by atoms with Crippen molar-refractivity contribution in [3.05, 3.63) is 22.4 Å². The van der Waals surface area contributed by atoms with E-state index < -0.39 is 0 Å². The number of thioether (sulfide) groups is 1. The third kappa shape index (κ3) is 2.03. The molecule has 0 saturated carbocycles. The summed E-state index contributed by atoms with van der Waals surface area (Å²) in [6.45, 7) is 2.35. The molecule has 0 amide bonds. The minimum atomic E-state index is 0.750. The maximum absolute atomic E-state index is 3.42. The van der Waals surface area contributed by atoms with Crippen molar-refractivity contribution < 1.29 is 0 Å². The Hall–Kier alpha value is 0.01000. The van der Waals surface area contributed by atoms with E-state index in [0.717, 1.165) is 5.25 Å². The number of thiophene rings is 1. The summed E-state index contributed by atoms with van der Waals surface area (Å²) in [6, 6.07) is 4.41. The maximum atomic E-state index is 3.42. The highest BCUT2D eigenvalue weighted by Gasteiger charge is 2.14. The SMILES string of the molecule is c1csc(C2CCNCCS2)c1. The van der Waals surface area contributed by atoms with Crippen LogP contribution in [-0.2, 0) is 0 Å². The molecule has 0 aliphatic carbocycles. The summed E-state index contributed by atoms with van der Waals surface area (Å²) in [7, 11) is 0. The average Bonchev–Trinajstić information content (AvgIpc) is 2.48. The van der Waals surface area contributed by atoms with E-state index in [1.807, 2.05) is 11.3 Å². The monoisotopic (exact) mass is 199 g/mol. The van der Waals surface area contributed by atoms with Gasteiger partial charge in [0.05, 0.1) is 0 Å². The molecule has 0 spiro atoms. The standard InChI is InChI=1S/C9H13NS2/c1-2-8(11-6-1)9-3-4-10-5-7-12-9/h1-2,6,9-10H,3-5,7H2. The molecule has 0 bridgehead atoms. The van der Waals surface area contributed by atoms with Gasteiger partial charge in [0.1, 0.15) is 0 Å². The Morgan fingerprint density at radius 2 is 2.42 bits per heavy atom. The normalized spacial score (nSPS) is 25.2. The van der Waals surface area contributed by atoms with Gasteiger partial charge in [0.25, 0.3) is 0 Å². The first-order valence-corrected chi connectivity index (χ1v) is 6.25. The molecule has 1 unspecified atom stereocenters. The van der Waals surface area contributed by atoms with Crippen LogP contribution in [0.15, 0.2) is 17.5 Å². The summed E-state index contributed by atoms with van der Waals surface area (Å²) in [5, 5.41) is 6.35. The Morgan fingerprint density at radius 1 is 1.42 bits per heavy atom. The lowest BCUT2D eigenvalue weighted by Crippen LogP contribution is -2.15.